The summed E-state index contributed by atoms with van der Waals surface area (Å²) >= 11 is 0. The van der Waals surface area contributed by atoms with Gasteiger partial charge in [-0.3, -0.25) is 4.79 Å². The van der Waals surface area contributed by atoms with Gasteiger partial charge in [0.1, 0.15) is 5.75 Å². The van der Waals surface area contributed by atoms with E-state index in [1.165, 1.54) is 0 Å². The topological polar surface area (TPSA) is 50.4 Å². The van der Waals surface area contributed by atoms with Crippen molar-refractivity contribution in [3.8, 4) is 5.75 Å². The fourth-order valence-electron chi connectivity index (χ4n) is 2.41. The number of hydrogen-bond donors (Lipinski definition) is 2. The Bertz CT molecular complexity index is 466. The smallest absolute Gasteiger partial charge is 0.223 e. The second kappa shape index (κ2) is 6.94. The third-order valence-electron chi connectivity index (χ3n) is 4.04. The van der Waals surface area contributed by atoms with Gasteiger partial charge in [0.15, 0.2) is 0 Å². The van der Waals surface area contributed by atoms with E-state index in [0.717, 1.165) is 24.4 Å². The highest BCUT2D eigenvalue weighted by atomic mass is 16.5. The van der Waals surface area contributed by atoms with E-state index in [1.54, 1.807) is 0 Å². The first-order valence-electron chi connectivity index (χ1n) is 7.75. The maximum atomic E-state index is 12.2. The van der Waals surface area contributed by atoms with Crippen LogP contribution in [0.4, 0.5) is 0 Å². The van der Waals surface area contributed by atoms with Crippen molar-refractivity contribution in [1.29, 1.82) is 0 Å². The van der Waals surface area contributed by atoms with E-state index in [-0.39, 0.29) is 24.0 Å². The monoisotopic (exact) mass is 290 g/mol. The molecule has 4 nitrogen and oxygen atoms in total. The molecular weight excluding hydrogens is 264 g/mol. The zero-order valence-corrected chi connectivity index (χ0v) is 13.3. The number of ether oxygens (including phenoxy) is 1. The molecule has 1 aromatic rings. The second-order valence-corrected chi connectivity index (χ2v) is 6.17. The third kappa shape index (κ3) is 4.21. The summed E-state index contributed by atoms with van der Waals surface area (Å²) in [6, 6.07) is 7.95. The van der Waals surface area contributed by atoms with Gasteiger partial charge in [-0.2, -0.15) is 0 Å². The molecule has 2 N–H and O–H groups in total. The first-order valence-corrected chi connectivity index (χ1v) is 7.75. The highest BCUT2D eigenvalue weighted by Crippen LogP contribution is 2.21. The number of amides is 1. The molecule has 0 spiro atoms. The SMILES string of the molecule is CC(C)Oc1ccc(C(C)NC(=O)C(C)C2CNC2)cc1. The second-order valence-electron chi connectivity index (χ2n) is 6.17. The third-order valence-corrected chi connectivity index (χ3v) is 4.04. The van der Waals surface area contributed by atoms with E-state index >= 15 is 0 Å². The van der Waals surface area contributed by atoms with Crippen LogP contribution in [0, 0.1) is 11.8 Å². The maximum Gasteiger partial charge on any atom is 0.223 e. The van der Waals surface area contributed by atoms with Gasteiger partial charge in [0.25, 0.3) is 0 Å². The summed E-state index contributed by atoms with van der Waals surface area (Å²) in [5, 5.41) is 6.31. The quantitative estimate of drug-likeness (QED) is 0.846. The van der Waals surface area contributed by atoms with Crippen LogP contribution in [0.1, 0.15) is 39.3 Å². The van der Waals surface area contributed by atoms with E-state index in [1.807, 2.05) is 52.0 Å². The standard InChI is InChI=1S/C17H26N2O2/c1-11(2)21-16-7-5-14(6-8-16)13(4)19-17(20)12(3)15-9-18-10-15/h5-8,11-13,15,18H,9-10H2,1-4H3,(H,19,20). The van der Waals surface area contributed by atoms with Gasteiger partial charge in [0, 0.05) is 5.92 Å². The minimum Gasteiger partial charge on any atom is -0.491 e. The van der Waals surface area contributed by atoms with Crippen molar-refractivity contribution >= 4 is 5.91 Å². The van der Waals surface area contributed by atoms with Gasteiger partial charge >= 0.3 is 0 Å². The Morgan fingerprint density at radius 3 is 2.29 bits per heavy atom. The maximum absolute atomic E-state index is 12.2. The minimum absolute atomic E-state index is 0.0149. The first kappa shape index (κ1) is 15.8. The van der Waals surface area contributed by atoms with Gasteiger partial charge in [0.05, 0.1) is 12.1 Å². The molecule has 116 valence electrons. The van der Waals surface area contributed by atoms with Crippen LogP contribution in [-0.2, 0) is 4.79 Å². The van der Waals surface area contributed by atoms with Crippen molar-refractivity contribution in [2.75, 3.05) is 13.1 Å². The van der Waals surface area contributed by atoms with Gasteiger partial charge in [-0.05, 0) is 57.5 Å². The molecule has 1 aliphatic rings. The number of rotatable bonds is 6. The van der Waals surface area contributed by atoms with Crippen LogP contribution < -0.4 is 15.4 Å². The number of nitrogens with one attached hydrogen (secondary N) is 2. The molecule has 1 heterocycles. The molecule has 0 aromatic heterocycles. The number of carbonyl (C=O) groups is 1. The summed E-state index contributed by atoms with van der Waals surface area (Å²) in [5.74, 6) is 1.54. The average Bonchev–Trinajstić information content (AvgIpc) is 2.36. The van der Waals surface area contributed by atoms with Crippen LogP contribution in [0.5, 0.6) is 5.75 Å². The molecule has 1 fully saturated rings. The van der Waals surface area contributed by atoms with Crippen molar-refractivity contribution < 1.29 is 9.53 Å². The average molecular weight is 290 g/mol. The molecule has 0 saturated carbocycles. The molecule has 2 unspecified atom stereocenters. The zero-order valence-electron chi connectivity index (χ0n) is 13.3. The van der Waals surface area contributed by atoms with E-state index in [0.29, 0.717) is 5.92 Å². The van der Waals surface area contributed by atoms with Crippen LogP contribution in [0.15, 0.2) is 24.3 Å². The summed E-state index contributed by atoms with van der Waals surface area (Å²) in [6.45, 7) is 9.93. The lowest BCUT2D eigenvalue weighted by molar-refractivity contribution is -0.127. The Kier molecular flexibility index (Phi) is 5.23. The molecule has 1 saturated heterocycles. The molecule has 0 bridgehead atoms. The van der Waals surface area contributed by atoms with E-state index in [2.05, 4.69) is 10.6 Å². The van der Waals surface area contributed by atoms with Gasteiger partial charge in [-0.15, -0.1) is 0 Å². The Hall–Kier alpha value is -1.55. The van der Waals surface area contributed by atoms with E-state index in [4.69, 9.17) is 4.74 Å². The van der Waals surface area contributed by atoms with Crippen molar-refractivity contribution in [3.05, 3.63) is 29.8 Å². The molecule has 4 heteroatoms. The van der Waals surface area contributed by atoms with Crippen molar-refractivity contribution in [2.45, 2.75) is 39.8 Å². The van der Waals surface area contributed by atoms with Crippen LogP contribution in [-0.4, -0.2) is 25.1 Å². The fourth-order valence-corrected chi connectivity index (χ4v) is 2.41. The lowest BCUT2D eigenvalue weighted by Gasteiger charge is -2.32. The van der Waals surface area contributed by atoms with Gasteiger partial charge in [-0.1, -0.05) is 19.1 Å². The summed E-state index contributed by atoms with van der Waals surface area (Å²) in [7, 11) is 0. The number of benzene rings is 1. The Labute approximate surface area is 127 Å². The van der Waals surface area contributed by atoms with Gasteiger partial charge in [-0.25, -0.2) is 0 Å². The molecule has 1 aliphatic heterocycles. The van der Waals surface area contributed by atoms with Crippen molar-refractivity contribution in [2.24, 2.45) is 11.8 Å². The molecule has 2 atom stereocenters. The molecule has 0 aliphatic carbocycles. The molecule has 1 amide bonds. The van der Waals surface area contributed by atoms with Crippen LogP contribution in [0.2, 0.25) is 0 Å². The summed E-state index contributed by atoms with van der Waals surface area (Å²) < 4.78 is 5.63. The number of carbonyl (C=O) groups excluding carboxylic acids is 1. The summed E-state index contributed by atoms with van der Waals surface area (Å²) in [4.78, 5) is 12.2. The molecule has 1 aromatic carbocycles. The summed E-state index contributed by atoms with van der Waals surface area (Å²) in [6.07, 6.45) is 0.171. The Morgan fingerprint density at radius 2 is 1.81 bits per heavy atom. The van der Waals surface area contributed by atoms with Gasteiger partial charge < -0.3 is 15.4 Å². The molecule has 21 heavy (non-hydrogen) atoms. The highest BCUT2D eigenvalue weighted by molar-refractivity contribution is 5.79. The highest BCUT2D eigenvalue weighted by Gasteiger charge is 2.29. The van der Waals surface area contributed by atoms with Crippen LogP contribution >= 0.6 is 0 Å². The molecular formula is C17H26N2O2. The lowest BCUT2D eigenvalue weighted by Crippen LogP contribution is -2.49. The predicted octanol–water partition coefficient (Wildman–Crippen LogP) is 2.51. The largest absolute Gasteiger partial charge is 0.491 e. The van der Waals surface area contributed by atoms with Crippen LogP contribution in [0.3, 0.4) is 0 Å². The lowest BCUT2D eigenvalue weighted by atomic mass is 9.88. The minimum atomic E-state index is 0.0149. The Balaban J connectivity index is 1.90. The van der Waals surface area contributed by atoms with Crippen LogP contribution in [0.25, 0.3) is 0 Å². The Morgan fingerprint density at radius 1 is 1.19 bits per heavy atom. The van der Waals surface area contributed by atoms with Crippen molar-refractivity contribution in [1.82, 2.24) is 10.6 Å². The van der Waals surface area contributed by atoms with Crippen molar-refractivity contribution in [3.63, 3.8) is 0 Å². The van der Waals surface area contributed by atoms with Gasteiger partial charge in [0.2, 0.25) is 5.91 Å². The molecule has 2 rings (SSSR count). The first-order chi connectivity index (χ1) is 9.97. The molecule has 0 radical (unpaired) electrons. The predicted molar refractivity (Wildman–Crippen MR) is 84.3 cm³/mol. The van der Waals surface area contributed by atoms with E-state index < -0.39 is 0 Å². The van der Waals surface area contributed by atoms with E-state index in [9.17, 15) is 4.79 Å². The fraction of sp³-hybridized carbons (Fsp3) is 0.588. The normalized spacial score (nSPS) is 18.0. The summed E-state index contributed by atoms with van der Waals surface area (Å²) in [5.41, 5.74) is 1.10. The zero-order chi connectivity index (χ0) is 15.4. The number of hydrogen-bond acceptors (Lipinski definition) is 3.